The molecule has 1 aromatic heterocycles. The van der Waals surface area contributed by atoms with E-state index in [1.807, 2.05) is 6.92 Å². The predicted molar refractivity (Wildman–Crippen MR) is 82.6 cm³/mol. The second-order valence-corrected chi connectivity index (χ2v) is 5.46. The minimum absolute atomic E-state index is 0.159. The normalized spacial score (nSPS) is 14.6. The van der Waals surface area contributed by atoms with Crippen molar-refractivity contribution < 1.29 is 13.2 Å². The highest BCUT2D eigenvalue weighted by Crippen LogP contribution is 2.32. The molecule has 1 N–H and O–H groups in total. The monoisotopic (exact) mass is 333 g/mol. The zero-order chi connectivity index (χ0) is 17.3. The first-order valence-corrected chi connectivity index (χ1v) is 7.31. The van der Waals surface area contributed by atoms with Crippen LogP contribution in [-0.2, 0) is 19.1 Å². The van der Waals surface area contributed by atoms with E-state index in [0.717, 1.165) is 23.5 Å². The zero-order valence-corrected chi connectivity index (χ0v) is 12.8. The Labute approximate surface area is 136 Å². The molecule has 0 amide bonds. The first kappa shape index (κ1) is 16.1. The van der Waals surface area contributed by atoms with Crippen molar-refractivity contribution in [3.63, 3.8) is 0 Å². The van der Waals surface area contributed by atoms with Crippen LogP contribution in [0.25, 0.3) is 0 Å². The van der Waals surface area contributed by atoms with Gasteiger partial charge in [0.15, 0.2) is 0 Å². The molecule has 0 unspecified atom stereocenters. The lowest BCUT2D eigenvalue weighted by atomic mass is 10.1. The van der Waals surface area contributed by atoms with Crippen LogP contribution in [0.1, 0.15) is 35.3 Å². The number of hydrogen-bond donors (Lipinski definition) is 1. The number of aliphatic imine (C=N–C) groups is 1. The summed E-state index contributed by atoms with van der Waals surface area (Å²) >= 11 is 0. The number of nitrogens with one attached hydrogen (secondary N) is 1. The van der Waals surface area contributed by atoms with Gasteiger partial charge in [-0.05, 0) is 24.6 Å². The van der Waals surface area contributed by atoms with E-state index in [1.165, 1.54) is 12.1 Å². The minimum Gasteiger partial charge on any atom is -0.331 e. The summed E-state index contributed by atoms with van der Waals surface area (Å²) in [5.74, 6) is 0.725. The third kappa shape index (κ3) is 2.85. The number of nitrogens with zero attached hydrogens (tertiary/aromatic N) is 4. The third-order valence-corrected chi connectivity index (χ3v) is 3.97. The van der Waals surface area contributed by atoms with Crippen LogP contribution in [-0.4, -0.2) is 16.1 Å². The number of fused-ring (bicyclic) bond motifs is 1. The van der Waals surface area contributed by atoms with Gasteiger partial charge in [0, 0.05) is 5.56 Å². The van der Waals surface area contributed by atoms with E-state index >= 15 is 0 Å². The Bertz CT molecular complexity index is 812. The topological polar surface area (TPSA) is 66.0 Å². The lowest BCUT2D eigenvalue weighted by Gasteiger charge is -2.18. The fourth-order valence-electron chi connectivity index (χ4n) is 2.67. The van der Waals surface area contributed by atoms with Crippen molar-refractivity contribution in [1.82, 2.24) is 9.78 Å². The Morgan fingerprint density at radius 3 is 2.67 bits per heavy atom. The molecule has 0 saturated heterocycles. The summed E-state index contributed by atoms with van der Waals surface area (Å²) in [5, 5.41) is 16.4. The van der Waals surface area contributed by atoms with Crippen molar-refractivity contribution in [1.29, 1.82) is 5.26 Å². The molecule has 24 heavy (non-hydrogen) atoms. The third-order valence-electron chi connectivity index (χ3n) is 3.97. The summed E-state index contributed by atoms with van der Waals surface area (Å²) in [4.78, 5) is 4.12. The lowest BCUT2D eigenvalue weighted by Crippen LogP contribution is -2.15. The molecule has 1 atom stereocenters. The van der Waals surface area contributed by atoms with Crippen LogP contribution < -0.4 is 5.32 Å². The van der Waals surface area contributed by atoms with Gasteiger partial charge < -0.3 is 5.32 Å². The molecule has 0 aliphatic carbocycles. The van der Waals surface area contributed by atoms with Crippen LogP contribution in [0.2, 0.25) is 0 Å². The van der Waals surface area contributed by atoms with Gasteiger partial charge in [-0.15, -0.1) is 0 Å². The van der Waals surface area contributed by atoms with Crippen molar-refractivity contribution in [2.24, 2.45) is 4.99 Å². The van der Waals surface area contributed by atoms with Crippen molar-refractivity contribution in [2.45, 2.75) is 32.1 Å². The molecule has 2 heterocycles. The van der Waals surface area contributed by atoms with E-state index in [9.17, 15) is 13.2 Å². The van der Waals surface area contributed by atoms with Crippen LogP contribution in [0.3, 0.4) is 0 Å². The molecule has 5 nitrogen and oxygen atoms in total. The zero-order valence-electron chi connectivity index (χ0n) is 12.8. The average Bonchev–Trinajstić information content (AvgIpc) is 2.93. The Morgan fingerprint density at radius 2 is 2.04 bits per heavy atom. The van der Waals surface area contributed by atoms with E-state index in [4.69, 9.17) is 5.26 Å². The molecule has 0 spiro atoms. The highest BCUT2D eigenvalue weighted by molar-refractivity contribution is 5.78. The molecule has 1 aromatic carbocycles. The maximum Gasteiger partial charge on any atom is 0.416 e. The number of alkyl halides is 3. The lowest BCUT2D eigenvalue weighted by molar-refractivity contribution is -0.137. The summed E-state index contributed by atoms with van der Waals surface area (Å²) in [5.41, 5.74) is 1.49. The number of nitriles is 1. The summed E-state index contributed by atoms with van der Waals surface area (Å²) in [6.07, 6.45) is -2.65. The molecule has 124 valence electrons. The van der Waals surface area contributed by atoms with Gasteiger partial charge in [0.2, 0.25) is 0 Å². The van der Waals surface area contributed by atoms with Gasteiger partial charge in [-0.2, -0.15) is 23.5 Å². The van der Waals surface area contributed by atoms with Crippen molar-refractivity contribution in [3.05, 3.63) is 46.6 Å². The molecule has 1 aliphatic heterocycles. The van der Waals surface area contributed by atoms with Gasteiger partial charge in [0.05, 0.1) is 42.7 Å². The smallest absolute Gasteiger partial charge is 0.331 e. The highest BCUT2D eigenvalue weighted by Gasteiger charge is 2.30. The average molecular weight is 333 g/mol. The number of anilines is 1. The molecule has 0 saturated carbocycles. The Kier molecular flexibility index (Phi) is 4.01. The van der Waals surface area contributed by atoms with Crippen molar-refractivity contribution in [3.8, 4) is 6.07 Å². The fraction of sp³-hybridized carbons (Fsp3) is 0.312. The summed E-state index contributed by atoms with van der Waals surface area (Å²) in [7, 11) is 0. The second kappa shape index (κ2) is 6.00. The molecule has 1 aliphatic rings. The van der Waals surface area contributed by atoms with Gasteiger partial charge in [-0.25, -0.2) is 4.68 Å². The second-order valence-electron chi connectivity index (χ2n) is 5.46. The number of aromatic nitrogens is 2. The predicted octanol–water partition coefficient (Wildman–Crippen LogP) is 3.53. The van der Waals surface area contributed by atoms with Gasteiger partial charge in [0.25, 0.3) is 0 Å². The molecule has 8 heteroatoms. The number of benzene rings is 1. The van der Waals surface area contributed by atoms with E-state index in [1.54, 1.807) is 11.0 Å². The summed E-state index contributed by atoms with van der Waals surface area (Å²) < 4.78 is 39.7. The molecule has 0 fully saturated rings. The molecular formula is C16H14F3N5. The summed E-state index contributed by atoms with van der Waals surface area (Å²) in [6, 6.07) is 6.80. The van der Waals surface area contributed by atoms with Crippen LogP contribution in [0.4, 0.5) is 19.0 Å². The molecule has 3 rings (SSSR count). The van der Waals surface area contributed by atoms with E-state index < -0.39 is 11.7 Å². The van der Waals surface area contributed by atoms with Crippen LogP contribution in [0.15, 0.2) is 29.3 Å². The maximum atomic E-state index is 12.7. The first-order valence-electron chi connectivity index (χ1n) is 7.31. The number of rotatable bonds is 3. The number of halogens is 3. The van der Waals surface area contributed by atoms with Crippen LogP contribution in [0, 0.1) is 11.3 Å². The van der Waals surface area contributed by atoms with Crippen molar-refractivity contribution >= 4 is 12.2 Å². The van der Waals surface area contributed by atoms with Crippen LogP contribution in [0.5, 0.6) is 0 Å². The Hall–Kier alpha value is -2.82. The first-order chi connectivity index (χ1) is 11.4. The minimum atomic E-state index is -4.36. The molecule has 0 radical (unpaired) electrons. The molecule has 2 aromatic rings. The summed E-state index contributed by atoms with van der Waals surface area (Å²) in [6.45, 7) is 2.28. The quantitative estimate of drug-likeness (QED) is 0.934. The maximum absolute atomic E-state index is 12.7. The van der Waals surface area contributed by atoms with E-state index in [2.05, 4.69) is 21.5 Å². The van der Waals surface area contributed by atoms with Gasteiger partial charge in [-0.1, -0.05) is 12.1 Å². The van der Waals surface area contributed by atoms with E-state index in [0.29, 0.717) is 17.8 Å². The number of hydrogen-bond acceptors (Lipinski definition) is 4. The van der Waals surface area contributed by atoms with Crippen molar-refractivity contribution in [2.75, 3.05) is 5.32 Å². The van der Waals surface area contributed by atoms with Gasteiger partial charge in [-0.3, -0.25) is 4.99 Å². The molecule has 0 bridgehead atoms. The van der Waals surface area contributed by atoms with Gasteiger partial charge in [0.1, 0.15) is 5.82 Å². The van der Waals surface area contributed by atoms with Gasteiger partial charge >= 0.3 is 6.18 Å². The van der Waals surface area contributed by atoms with E-state index in [-0.39, 0.29) is 12.5 Å². The standard InChI is InChI=1S/C16H14F3N5/c1-10(11-2-4-12(5-3-11)16(17,18)19)24-15-13(8-21-9-22-15)14(23-24)6-7-20/h2-5,9-10H,6,8H2,1H3,(H,21,22)/t10-/m0/s1. The fourth-order valence-corrected chi connectivity index (χ4v) is 2.67. The Morgan fingerprint density at radius 1 is 1.33 bits per heavy atom. The molecular weight excluding hydrogens is 319 g/mol. The largest absolute Gasteiger partial charge is 0.416 e. The SMILES string of the molecule is C[C@@H](c1ccc(C(F)(F)F)cc1)n1nc(CC#N)c2c1NC=NC2. The Balaban J connectivity index is 1.96. The highest BCUT2D eigenvalue weighted by atomic mass is 19.4. The van der Waals surface area contributed by atoms with Crippen LogP contribution >= 0.6 is 0 Å².